The molecule has 0 spiro atoms. The molecule has 1 aliphatic rings. The molecule has 14 heavy (non-hydrogen) atoms. The van der Waals surface area contributed by atoms with Crippen molar-refractivity contribution in [2.75, 3.05) is 18.0 Å². The van der Waals surface area contributed by atoms with Crippen LogP contribution in [0.2, 0.25) is 0 Å². The Morgan fingerprint density at radius 1 is 1.50 bits per heavy atom. The average molecular weight is 305 g/mol. The van der Waals surface area contributed by atoms with Crippen molar-refractivity contribution in [3.8, 4) is 0 Å². The highest BCUT2D eigenvalue weighted by atomic mass is 127. The summed E-state index contributed by atoms with van der Waals surface area (Å²) in [5.41, 5.74) is -0.521. The fourth-order valence-electron chi connectivity index (χ4n) is 1.50. The molecule has 0 bridgehead atoms. The van der Waals surface area contributed by atoms with E-state index in [1.807, 2.05) is 11.8 Å². The first-order chi connectivity index (χ1) is 6.63. The van der Waals surface area contributed by atoms with E-state index < -0.39 is 5.60 Å². The quantitative estimate of drug-likeness (QED) is 0.830. The van der Waals surface area contributed by atoms with Gasteiger partial charge in [-0.3, -0.25) is 0 Å². The lowest BCUT2D eigenvalue weighted by Crippen LogP contribution is -2.62. The van der Waals surface area contributed by atoms with E-state index in [9.17, 15) is 5.11 Å². The lowest BCUT2D eigenvalue weighted by Gasteiger charge is -2.45. The van der Waals surface area contributed by atoms with Gasteiger partial charge in [-0.25, -0.2) is 9.97 Å². The second-order valence-corrected chi connectivity index (χ2v) is 4.88. The highest BCUT2D eigenvalue weighted by molar-refractivity contribution is 14.1. The van der Waals surface area contributed by atoms with Crippen LogP contribution in [-0.4, -0.2) is 33.8 Å². The molecule has 4 nitrogen and oxygen atoms in total. The maximum atomic E-state index is 9.81. The topological polar surface area (TPSA) is 49.2 Å². The van der Waals surface area contributed by atoms with Gasteiger partial charge in [-0.2, -0.15) is 0 Å². The first-order valence-electron chi connectivity index (χ1n) is 4.58. The number of hydrogen-bond acceptors (Lipinski definition) is 4. The van der Waals surface area contributed by atoms with E-state index in [2.05, 4.69) is 32.6 Å². The molecule has 1 fully saturated rings. The number of nitrogens with zero attached hydrogens (tertiary/aromatic N) is 3. The maximum Gasteiger partial charge on any atom is 0.225 e. The number of rotatable bonds is 2. The van der Waals surface area contributed by atoms with Gasteiger partial charge in [0.15, 0.2) is 0 Å². The number of anilines is 1. The third-order valence-corrected chi connectivity index (χ3v) is 3.08. The van der Waals surface area contributed by atoms with Crippen molar-refractivity contribution in [3.63, 3.8) is 0 Å². The minimum atomic E-state index is -0.521. The van der Waals surface area contributed by atoms with Crippen molar-refractivity contribution >= 4 is 28.5 Å². The van der Waals surface area contributed by atoms with Crippen LogP contribution in [0.1, 0.15) is 13.3 Å². The third kappa shape index (κ3) is 1.83. The smallest absolute Gasteiger partial charge is 0.225 e. The molecule has 0 atom stereocenters. The van der Waals surface area contributed by atoms with E-state index >= 15 is 0 Å². The fourth-order valence-corrected chi connectivity index (χ4v) is 1.78. The number of aliphatic hydroxyl groups is 1. The molecule has 0 unspecified atom stereocenters. The van der Waals surface area contributed by atoms with Crippen LogP contribution < -0.4 is 4.90 Å². The summed E-state index contributed by atoms with van der Waals surface area (Å²) in [5.74, 6) is 0.712. The van der Waals surface area contributed by atoms with Gasteiger partial charge in [0.1, 0.15) is 0 Å². The molecule has 76 valence electrons. The van der Waals surface area contributed by atoms with E-state index in [4.69, 9.17) is 0 Å². The molecule has 1 saturated heterocycles. The molecular formula is C9H12IN3O. The summed E-state index contributed by atoms with van der Waals surface area (Å²) in [7, 11) is 0. The van der Waals surface area contributed by atoms with Crippen LogP contribution >= 0.6 is 22.6 Å². The Hall–Kier alpha value is -0.430. The lowest BCUT2D eigenvalue weighted by atomic mass is 9.92. The lowest BCUT2D eigenvalue weighted by molar-refractivity contribution is 0.00755. The molecule has 0 amide bonds. The van der Waals surface area contributed by atoms with Crippen LogP contribution in [0.4, 0.5) is 5.95 Å². The van der Waals surface area contributed by atoms with Crippen LogP contribution in [-0.2, 0) is 0 Å². The molecular weight excluding hydrogens is 293 g/mol. The van der Waals surface area contributed by atoms with Gasteiger partial charge in [0.2, 0.25) is 5.95 Å². The molecule has 5 heteroatoms. The van der Waals surface area contributed by atoms with Crippen LogP contribution in [0.5, 0.6) is 0 Å². The van der Waals surface area contributed by atoms with Crippen molar-refractivity contribution in [1.82, 2.24) is 9.97 Å². The zero-order chi connectivity index (χ0) is 10.2. The number of hydrogen-bond donors (Lipinski definition) is 1. The predicted molar refractivity (Wildman–Crippen MR) is 62.2 cm³/mol. The number of β-amino-alcohol motifs (C(OH)–C–C–N with tert-alkyl or cyclic N) is 1. The summed E-state index contributed by atoms with van der Waals surface area (Å²) in [5, 5.41) is 9.81. The van der Waals surface area contributed by atoms with Gasteiger partial charge in [-0.1, -0.05) is 6.92 Å². The first-order valence-corrected chi connectivity index (χ1v) is 5.66. The van der Waals surface area contributed by atoms with Gasteiger partial charge in [-0.05, 0) is 29.0 Å². The summed E-state index contributed by atoms with van der Waals surface area (Å²) in [6.07, 6.45) is 4.35. The van der Waals surface area contributed by atoms with Gasteiger partial charge in [0, 0.05) is 16.0 Å². The highest BCUT2D eigenvalue weighted by Gasteiger charge is 2.40. The molecule has 0 aliphatic carbocycles. The summed E-state index contributed by atoms with van der Waals surface area (Å²) >= 11 is 2.17. The van der Waals surface area contributed by atoms with E-state index in [0.29, 0.717) is 19.0 Å². The summed E-state index contributed by atoms with van der Waals surface area (Å²) < 4.78 is 1.03. The van der Waals surface area contributed by atoms with E-state index in [-0.39, 0.29) is 0 Å². The van der Waals surface area contributed by atoms with Crippen molar-refractivity contribution in [1.29, 1.82) is 0 Å². The van der Waals surface area contributed by atoms with E-state index in [1.54, 1.807) is 12.4 Å². The minimum Gasteiger partial charge on any atom is -0.386 e. The highest BCUT2D eigenvalue weighted by Crippen LogP contribution is 2.27. The third-order valence-electron chi connectivity index (χ3n) is 2.52. The Kier molecular flexibility index (Phi) is 2.61. The van der Waals surface area contributed by atoms with Crippen molar-refractivity contribution in [3.05, 3.63) is 16.0 Å². The van der Waals surface area contributed by atoms with Gasteiger partial charge in [0.25, 0.3) is 0 Å². The second kappa shape index (κ2) is 3.62. The molecule has 1 aliphatic heterocycles. The standard InChI is InChI=1S/C9H12IN3O/c1-2-9(14)5-13(6-9)8-11-3-7(10)4-12-8/h3-4,14H,2,5-6H2,1H3. The molecule has 0 saturated carbocycles. The molecule has 0 radical (unpaired) electrons. The normalized spacial score (nSPS) is 19.2. The number of halogens is 1. The van der Waals surface area contributed by atoms with Crippen LogP contribution in [0.3, 0.4) is 0 Å². The van der Waals surface area contributed by atoms with Crippen molar-refractivity contribution in [2.24, 2.45) is 0 Å². The van der Waals surface area contributed by atoms with Gasteiger partial charge in [-0.15, -0.1) is 0 Å². The molecule has 1 aromatic heterocycles. The van der Waals surface area contributed by atoms with Crippen molar-refractivity contribution in [2.45, 2.75) is 18.9 Å². The van der Waals surface area contributed by atoms with Gasteiger partial charge in [0.05, 0.1) is 18.7 Å². The summed E-state index contributed by atoms with van der Waals surface area (Å²) in [6, 6.07) is 0. The summed E-state index contributed by atoms with van der Waals surface area (Å²) in [6.45, 7) is 3.28. The van der Waals surface area contributed by atoms with Crippen LogP contribution in [0.15, 0.2) is 12.4 Å². The van der Waals surface area contributed by atoms with E-state index in [0.717, 1.165) is 9.99 Å². The Morgan fingerprint density at radius 3 is 2.57 bits per heavy atom. The molecule has 2 rings (SSSR count). The van der Waals surface area contributed by atoms with Gasteiger partial charge < -0.3 is 10.0 Å². The SMILES string of the molecule is CCC1(O)CN(c2ncc(I)cn2)C1. The Morgan fingerprint density at radius 2 is 2.07 bits per heavy atom. The fraction of sp³-hybridized carbons (Fsp3) is 0.556. The minimum absolute atomic E-state index is 0.521. The molecule has 2 heterocycles. The van der Waals surface area contributed by atoms with Crippen molar-refractivity contribution < 1.29 is 5.11 Å². The second-order valence-electron chi connectivity index (χ2n) is 3.64. The average Bonchev–Trinajstić information content (AvgIpc) is 2.15. The predicted octanol–water partition coefficient (Wildman–Crippen LogP) is 1.04. The zero-order valence-electron chi connectivity index (χ0n) is 7.94. The monoisotopic (exact) mass is 305 g/mol. The first kappa shape index (κ1) is 10.1. The molecule has 1 aromatic rings. The molecule has 0 aromatic carbocycles. The maximum absolute atomic E-state index is 9.81. The molecule has 1 N–H and O–H groups in total. The van der Waals surface area contributed by atoms with Crippen LogP contribution in [0.25, 0.3) is 0 Å². The largest absolute Gasteiger partial charge is 0.386 e. The zero-order valence-corrected chi connectivity index (χ0v) is 10.1. The van der Waals surface area contributed by atoms with Crippen LogP contribution in [0, 0.1) is 3.57 Å². The van der Waals surface area contributed by atoms with E-state index in [1.165, 1.54) is 0 Å². The van der Waals surface area contributed by atoms with Gasteiger partial charge >= 0.3 is 0 Å². The Bertz CT molecular complexity index is 321. The summed E-state index contributed by atoms with van der Waals surface area (Å²) in [4.78, 5) is 10.4. The Labute approximate surface area is 96.5 Å². The number of aromatic nitrogens is 2. The Balaban J connectivity index is 2.03.